The van der Waals surface area contributed by atoms with E-state index in [0.717, 1.165) is 0 Å². The summed E-state index contributed by atoms with van der Waals surface area (Å²) in [7, 11) is 0. The van der Waals surface area contributed by atoms with E-state index in [9.17, 15) is 14.4 Å². The van der Waals surface area contributed by atoms with Crippen LogP contribution in [0.15, 0.2) is 48.5 Å². The molecule has 1 fully saturated rings. The molecule has 2 amide bonds. The summed E-state index contributed by atoms with van der Waals surface area (Å²) in [4.78, 5) is 42.5. The molecule has 2 aliphatic heterocycles. The van der Waals surface area contributed by atoms with E-state index in [1.165, 1.54) is 9.80 Å². The number of nitrogens with zero attached hydrogens (tertiary/aromatic N) is 2. The van der Waals surface area contributed by atoms with Crippen molar-refractivity contribution in [2.24, 2.45) is 0 Å². The Morgan fingerprint density at radius 1 is 1.14 bits per heavy atom. The molecule has 0 radical (unpaired) electrons. The van der Waals surface area contributed by atoms with Crippen LogP contribution < -0.4 is 4.90 Å². The Kier molecular flexibility index (Phi) is 4.82. The molecule has 2 aromatic rings. The molecule has 0 aliphatic carbocycles. The quantitative estimate of drug-likeness (QED) is 0.717. The van der Waals surface area contributed by atoms with Gasteiger partial charge in [-0.25, -0.2) is 4.79 Å². The summed E-state index contributed by atoms with van der Waals surface area (Å²) in [6.45, 7) is 3.62. The minimum atomic E-state index is -1.49. The van der Waals surface area contributed by atoms with Crippen LogP contribution in [0.5, 0.6) is 0 Å². The second-order valence-electron chi connectivity index (χ2n) is 7.50. The van der Waals surface area contributed by atoms with Gasteiger partial charge in [-0.2, -0.15) is 0 Å². The first-order valence-corrected chi connectivity index (χ1v) is 9.92. The third kappa shape index (κ3) is 2.90. The first-order chi connectivity index (χ1) is 13.9. The summed E-state index contributed by atoms with van der Waals surface area (Å²) in [5, 5.41) is 0.489. The molecule has 1 atom stereocenters. The predicted molar refractivity (Wildman–Crippen MR) is 108 cm³/mol. The van der Waals surface area contributed by atoms with Gasteiger partial charge >= 0.3 is 5.97 Å². The SMILES string of the molecule is CC(C)N1C(=O)c2ccccc2N2C(=O)CC[C@@]21C(=O)OCc1ccccc1Cl. The Hall–Kier alpha value is -2.86. The number of anilines is 1. The minimum Gasteiger partial charge on any atom is -0.458 e. The molecule has 0 aromatic heterocycles. The zero-order chi connectivity index (χ0) is 20.8. The van der Waals surface area contributed by atoms with Crippen molar-refractivity contribution in [3.05, 3.63) is 64.7 Å². The van der Waals surface area contributed by atoms with E-state index >= 15 is 0 Å². The van der Waals surface area contributed by atoms with Crippen molar-refractivity contribution in [3.8, 4) is 0 Å². The molecule has 1 saturated heterocycles. The highest BCUT2D eigenvalue weighted by molar-refractivity contribution is 6.31. The second kappa shape index (κ2) is 7.19. The van der Waals surface area contributed by atoms with Crippen LogP contribution in [0.2, 0.25) is 5.02 Å². The largest absolute Gasteiger partial charge is 0.458 e. The van der Waals surface area contributed by atoms with Crippen molar-refractivity contribution < 1.29 is 19.1 Å². The number of fused-ring (bicyclic) bond motifs is 3. The smallest absolute Gasteiger partial charge is 0.354 e. The standard InChI is InChI=1S/C22H21ClN2O4/c1-14(2)24-20(27)16-8-4-6-10-18(16)25-19(26)11-12-22(24,25)21(28)29-13-15-7-3-5-9-17(15)23/h3-10,14H,11-13H2,1-2H3/t22-/m0/s1. The van der Waals surface area contributed by atoms with Crippen LogP contribution in [-0.4, -0.2) is 34.4 Å². The topological polar surface area (TPSA) is 66.9 Å². The van der Waals surface area contributed by atoms with E-state index in [-0.39, 0.29) is 37.3 Å². The number of hydrogen-bond acceptors (Lipinski definition) is 4. The normalized spacial score (nSPS) is 20.7. The molecule has 0 unspecified atom stereocenters. The van der Waals surface area contributed by atoms with Gasteiger partial charge in [0.1, 0.15) is 6.61 Å². The molecule has 150 valence electrons. The molecule has 0 bridgehead atoms. The zero-order valence-electron chi connectivity index (χ0n) is 16.2. The summed E-state index contributed by atoms with van der Waals surface area (Å²) in [6.07, 6.45) is 0.345. The Morgan fingerprint density at radius 2 is 1.83 bits per heavy atom. The monoisotopic (exact) mass is 412 g/mol. The maximum absolute atomic E-state index is 13.4. The maximum Gasteiger partial charge on any atom is 0.354 e. The third-order valence-electron chi connectivity index (χ3n) is 5.46. The number of benzene rings is 2. The van der Waals surface area contributed by atoms with Gasteiger partial charge in [-0.15, -0.1) is 0 Å². The van der Waals surface area contributed by atoms with Gasteiger partial charge in [-0.05, 0) is 32.0 Å². The molecule has 2 heterocycles. The highest BCUT2D eigenvalue weighted by Crippen LogP contribution is 2.46. The average Bonchev–Trinajstić information content (AvgIpc) is 3.05. The lowest BCUT2D eigenvalue weighted by Gasteiger charge is -2.50. The van der Waals surface area contributed by atoms with Gasteiger partial charge in [0.2, 0.25) is 11.6 Å². The van der Waals surface area contributed by atoms with Crippen LogP contribution in [0.1, 0.15) is 42.6 Å². The molecular formula is C22H21ClN2O4. The Bertz CT molecular complexity index is 1010. The lowest BCUT2D eigenvalue weighted by Crippen LogP contribution is -2.70. The molecule has 4 rings (SSSR count). The van der Waals surface area contributed by atoms with Gasteiger partial charge in [0.05, 0.1) is 11.3 Å². The average molecular weight is 413 g/mol. The fourth-order valence-corrected chi connectivity index (χ4v) is 4.44. The molecule has 0 N–H and O–H groups in total. The van der Waals surface area contributed by atoms with Crippen molar-refractivity contribution in [2.45, 2.75) is 45.0 Å². The molecule has 2 aromatic carbocycles. The lowest BCUT2D eigenvalue weighted by molar-refractivity contribution is -0.159. The fraction of sp³-hybridized carbons (Fsp3) is 0.318. The number of amides is 2. The highest BCUT2D eigenvalue weighted by Gasteiger charge is 2.62. The third-order valence-corrected chi connectivity index (χ3v) is 5.83. The Labute approximate surface area is 174 Å². The van der Waals surface area contributed by atoms with Crippen LogP contribution in [-0.2, 0) is 20.9 Å². The number of esters is 1. The van der Waals surface area contributed by atoms with E-state index in [1.54, 1.807) is 48.5 Å². The van der Waals surface area contributed by atoms with Crippen LogP contribution in [0.25, 0.3) is 0 Å². The summed E-state index contributed by atoms with van der Waals surface area (Å²) >= 11 is 6.18. The van der Waals surface area contributed by atoms with Crippen molar-refractivity contribution in [2.75, 3.05) is 4.90 Å². The van der Waals surface area contributed by atoms with Gasteiger partial charge < -0.3 is 9.64 Å². The van der Waals surface area contributed by atoms with Crippen LogP contribution in [0, 0.1) is 0 Å². The van der Waals surface area contributed by atoms with Gasteiger partial charge in [0, 0.05) is 29.5 Å². The minimum absolute atomic E-state index is 0.0376. The number of rotatable bonds is 4. The van der Waals surface area contributed by atoms with Crippen LogP contribution in [0.4, 0.5) is 5.69 Å². The van der Waals surface area contributed by atoms with Gasteiger partial charge in [0.15, 0.2) is 0 Å². The summed E-state index contributed by atoms with van der Waals surface area (Å²) in [5.41, 5.74) is 0.0313. The van der Waals surface area contributed by atoms with Gasteiger partial charge in [-0.1, -0.05) is 41.9 Å². The van der Waals surface area contributed by atoms with Crippen molar-refractivity contribution in [1.29, 1.82) is 0 Å². The first-order valence-electron chi connectivity index (χ1n) is 9.54. The molecule has 0 saturated carbocycles. The number of hydrogen-bond donors (Lipinski definition) is 0. The second-order valence-corrected chi connectivity index (χ2v) is 7.91. The van der Waals surface area contributed by atoms with Crippen LogP contribution in [0.3, 0.4) is 0 Å². The number of halogens is 1. The Morgan fingerprint density at radius 3 is 2.55 bits per heavy atom. The van der Waals surface area contributed by atoms with Crippen LogP contribution >= 0.6 is 11.6 Å². The van der Waals surface area contributed by atoms with Crippen molar-refractivity contribution in [3.63, 3.8) is 0 Å². The van der Waals surface area contributed by atoms with Gasteiger partial charge in [-0.3, -0.25) is 14.5 Å². The summed E-state index contributed by atoms with van der Waals surface area (Å²) in [6, 6.07) is 13.7. The lowest BCUT2D eigenvalue weighted by atomic mass is 9.95. The van der Waals surface area contributed by atoms with Gasteiger partial charge in [0.25, 0.3) is 5.91 Å². The fourth-order valence-electron chi connectivity index (χ4n) is 4.25. The number of carbonyl (C=O) groups excluding carboxylic acids is 3. The van der Waals surface area contributed by atoms with E-state index < -0.39 is 11.6 Å². The molecule has 0 spiro atoms. The van der Waals surface area contributed by atoms with E-state index in [1.807, 2.05) is 13.8 Å². The van der Waals surface area contributed by atoms with Crippen molar-refractivity contribution in [1.82, 2.24) is 4.90 Å². The maximum atomic E-state index is 13.4. The zero-order valence-corrected chi connectivity index (χ0v) is 17.0. The highest BCUT2D eigenvalue weighted by atomic mass is 35.5. The van der Waals surface area contributed by atoms with E-state index in [4.69, 9.17) is 16.3 Å². The summed E-state index contributed by atoms with van der Waals surface area (Å²) < 4.78 is 5.63. The van der Waals surface area contributed by atoms with E-state index in [2.05, 4.69) is 0 Å². The Balaban J connectivity index is 1.77. The molecule has 7 heteroatoms. The molecule has 6 nitrogen and oxygen atoms in total. The predicted octanol–water partition coefficient (Wildman–Crippen LogP) is 3.77. The molecule has 2 aliphatic rings. The number of para-hydroxylation sites is 1. The number of ether oxygens (including phenoxy) is 1. The summed E-state index contributed by atoms with van der Waals surface area (Å²) in [5.74, 6) is -1.11. The first kappa shape index (κ1) is 19.5. The van der Waals surface area contributed by atoms with E-state index in [0.29, 0.717) is 21.8 Å². The number of carbonyl (C=O) groups is 3. The van der Waals surface area contributed by atoms with Crippen molar-refractivity contribution >= 4 is 35.1 Å². The molecular weight excluding hydrogens is 392 g/mol. The molecule has 29 heavy (non-hydrogen) atoms.